The van der Waals surface area contributed by atoms with Gasteiger partial charge in [-0.05, 0) is 19.1 Å². The Balaban J connectivity index is 1.78. The van der Waals surface area contributed by atoms with Gasteiger partial charge in [0.2, 0.25) is 17.7 Å². The summed E-state index contributed by atoms with van der Waals surface area (Å²) in [6, 6.07) is -1.61. The van der Waals surface area contributed by atoms with Crippen LogP contribution in [0.25, 0.3) is 0 Å². The van der Waals surface area contributed by atoms with Crippen molar-refractivity contribution in [3.05, 3.63) is 0 Å². The zero-order chi connectivity index (χ0) is 15.1. The van der Waals surface area contributed by atoms with E-state index in [-0.39, 0.29) is 29.8 Å². The van der Waals surface area contributed by atoms with Crippen LogP contribution in [0.2, 0.25) is 0 Å². The number of rotatable bonds is 3. The minimum absolute atomic E-state index is 0.0637. The number of nitrogens with two attached hydrogens (primary N) is 1. The largest absolute Gasteiger partial charge is 0.350 e. The van der Waals surface area contributed by atoms with Gasteiger partial charge < -0.3 is 20.9 Å². The molecule has 116 valence electrons. The smallest absolute Gasteiger partial charge is 0.248 e. The molecule has 3 amide bonds. The molecular weight excluding hydrogens is 292 g/mol. The molecule has 3 saturated heterocycles. The van der Waals surface area contributed by atoms with Crippen molar-refractivity contribution < 1.29 is 14.4 Å². The van der Waals surface area contributed by atoms with Crippen LogP contribution in [0.4, 0.5) is 0 Å². The third kappa shape index (κ3) is 2.30. The third-order valence-electron chi connectivity index (χ3n) is 4.54. The number of hydrogen-bond acceptors (Lipinski definition) is 5. The molecule has 0 aromatic carbocycles. The maximum atomic E-state index is 12.6. The van der Waals surface area contributed by atoms with Crippen LogP contribution >= 0.6 is 11.8 Å². The fourth-order valence-electron chi connectivity index (χ4n) is 3.60. The maximum absolute atomic E-state index is 12.6. The number of piperazine rings is 1. The molecule has 0 saturated carbocycles. The van der Waals surface area contributed by atoms with Gasteiger partial charge in [-0.2, -0.15) is 11.8 Å². The molecule has 3 N–H and O–H groups in total. The van der Waals surface area contributed by atoms with Crippen molar-refractivity contribution in [2.75, 3.05) is 25.1 Å². The molecule has 0 bridgehead atoms. The Kier molecular flexibility index (Phi) is 3.83. The fraction of sp³-hybridized carbons (Fsp3) is 0.769. The summed E-state index contributed by atoms with van der Waals surface area (Å²) < 4.78 is 0. The van der Waals surface area contributed by atoms with E-state index in [1.165, 1.54) is 11.8 Å². The molecule has 3 fully saturated rings. The first-order valence-electron chi connectivity index (χ1n) is 7.19. The normalized spacial score (nSPS) is 35.0. The summed E-state index contributed by atoms with van der Waals surface area (Å²) in [6.07, 6.45) is 3.14. The average Bonchev–Trinajstić information content (AvgIpc) is 3.01. The lowest BCUT2D eigenvalue weighted by molar-refractivity contribution is -0.158. The van der Waals surface area contributed by atoms with E-state index in [2.05, 4.69) is 5.32 Å². The molecule has 3 rings (SSSR count). The lowest BCUT2D eigenvalue weighted by Crippen LogP contribution is -2.66. The van der Waals surface area contributed by atoms with E-state index >= 15 is 0 Å². The number of nitrogens with zero attached hydrogens (tertiary/aromatic N) is 2. The first-order valence-corrected chi connectivity index (χ1v) is 8.59. The van der Waals surface area contributed by atoms with Gasteiger partial charge in [-0.25, -0.2) is 0 Å². The van der Waals surface area contributed by atoms with Gasteiger partial charge in [-0.3, -0.25) is 14.4 Å². The lowest BCUT2D eigenvalue weighted by Gasteiger charge is -2.41. The minimum Gasteiger partial charge on any atom is -0.350 e. The molecule has 0 aromatic rings. The van der Waals surface area contributed by atoms with Gasteiger partial charge in [0.05, 0.1) is 11.8 Å². The summed E-state index contributed by atoms with van der Waals surface area (Å²) in [6.45, 7) is 1.04. The quantitative estimate of drug-likeness (QED) is 0.653. The van der Waals surface area contributed by atoms with Gasteiger partial charge in [-0.1, -0.05) is 0 Å². The third-order valence-corrected chi connectivity index (χ3v) is 5.09. The van der Waals surface area contributed by atoms with Gasteiger partial charge in [-0.15, -0.1) is 0 Å². The molecule has 0 aliphatic carbocycles. The molecule has 3 aliphatic rings. The van der Waals surface area contributed by atoms with Gasteiger partial charge in [0, 0.05) is 19.1 Å². The van der Waals surface area contributed by atoms with Gasteiger partial charge in [0.15, 0.2) is 0 Å². The number of nitrogens with one attached hydrogen (secondary N) is 1. The monoisotopic (exact) mass is 312 g/mol. The van der Waals surface area contributed by atoms with Gasteiger partial charge in [0.1, 0.15) is 12.1 Å². The summed E-state index contributed by atoms with van der Waals surface area (Å²) in [4.78, 5) is 40.2. The van der Waals surface area contributed by atoms with Crippen LogP contribution in [-0.4, -0.2) is 76.8 Å². The highest BCUT2D eigenvalue weighted by Crippen LogP contribution is 2.31. The van der Waals surface area contributed by atoms with Crippen molar-refractivity contribution in [3.8, 4) is 0 Å². The molecule has 3 heterocycles. The first-order chi connectivity index (χ1) is 10.0. The number of thioether (sulfide) groups is 1. The highest BCUT2D eigenvalue weighted by atomic mass is 32.2. The number of carbonyl (C=O) groups is 3. The Labute approximate surface area is 127 Å². The zero-order valence-corrected chi connectivity index (χ0v) is 12.8. The van der Waals surface area contributed by atoms with Crippen molar-refractivity contribution in [2.24, 2.45) is 5.73 Å². The number of carbonyl (C=O) groups excluding carboxylic acids is 3. The Morgan fingerprint density at radius 3 is 2.57 bits per heavy atom. The molecule has 0 spiro atoms. The Morgan fingerprint density at radius 2 is 1.86 bits per heavy atom. The van der Waals surface area contributed by atoms with Crippen LogP contribution in [0.15, 0.2) is 0 Å². The highest BCUT2D eigenvalue weighted by molar-refractivity contribution is 7.99. The predicted octanol–water partition coefficient (Wildman–Crippen LogP) is -1.62. The molecular formula is C13H20N4O3S. The summed E-state index contributed by atoms with van der Waals surface area (Å²) in [5.41, 5.74) is 5.97. The second-order valence-electron chi connectivity index (χ2n) is 5.80. The van der Waals surface area contributed by atoms with Crippen LogP contribution < -0.4 is 11.1 Å². The molecule has 0 radical (unpaired) electrons. The number of hydrogen-bond donors (Lipinski definition) is 2. The van der Waals surface area contributed by atoms with Crippen LogP contribution in [0.5, 0.6) is 0 Å². The Morgan fingerprint density at radius 1 is 1.24 bits per heavy atom. The summed E-state index contributed by atoms with van der Waals surface area (Å²) in [5, 5.41) is 2.89. The molecule has 8 heteroatoms. The van der Waals surface area contributed by atoms with Crippen LogP contribution in [0.3, 0.4) is 0 Å². The standard InChI is InChI=1S/C13H20N4O3S/c1-21-6-9(18)15-8-3-5-17-11(8)13(20)16-4-2-7(14)10(16)12(17)19/h7-8,10-11H,2-6,14H2,1H3,(H,15,18)/t7-,8-,10-,11-/m0/s1. The topological polar surface area (TPSA) is 95.7 Å². The second-order valence-corrected chi connectivity index (χ2v) is 6.67. The lowest BCUT2D eigenvalue weighted by atomic mass is 10.0. The first kappa shape index (κ1) is 14.6. The van der Waals surface area contributed by atoms with E-state index in [0.717, 1.165) is 0 Å². The van der Waals surface area contributed by atoms with E-state index in [1.807, 2.05) is 6.26 Å². The average molecular weight is 312 g/mol. The summed E-state index contributed by atoms with van der Waals surface area (Å²) >= 11 is 1.44. The highest BCUT2D eigenvalue weighted by Gasteiger charge is 2.55. The van der Waals surface area contributed by atoms with Crippen molar-refractivity contribution in [1.82, 2.24) is 15.1 Å². The molecule has 7 nitrogen and oxygen atoms in total. The summed E-state index contributed by atoms with van der Waals surface area (Å²) in [7, 11) is 0. The van der Waals surface area contributed by atoms with Crippen molar-refractivity contribution >= 4 is 29.5 Å². The van der Waals surface area contributed by atoms with E-state index in [0.29, 0.717) is 31.7 Å². The van der Waals surface area contributed by atoms with Gasteiger partial charge in [0.25, 0.3) is 0 Å². The van der Waals surface area contributed by atoms with Crippen molar-refractivity contribution in [2.45, 2.75) is 37.0 Å². The van der Waals surface area contributed by atoms with E-state index < -0.39 is 12.1 Å². The van der Waals surface area contributed by atoms with Crippen molar-refractivity contribution in [3.63, 3.8) is 0 Å². The Bertz CT molecular complexity index is 486. The molecule has 21 heavy (non-hydrogen) atoms. The zero-order valence-electron chi connectivity index (χ0n) is 11.9. The van der Waals surface area contributed by atoms with E-state index in [4.69, 9.17) is 5.73 Å². The van der Waals surface area contributed by atoms with Crippen molar-refractivity contribution in [1.29, 1.82) is 0 Å². The fourth-order valence-corrected chi connectivity index (χ4v) is 3.94. The number of fused-ring (bicyclic) bond motifs is 2. The second kappa shape index (κ2) is 5.49. The van der Waals surface area contributed by atoms with Crippen LogP contribution in [0, 0.1) is 0 Å². The van der Waals surface area contributed by atoms with E-state index in [1.54, 1.807) is 9.80 Å². The molecule has 0 aromatic heterocycles. The predicted molar refractivity (Wildman–Crippen MR) is 78.5 cm³/mol. The molecule has 0 unspecified atom stereocenters. The Hall–Kier alpha value is -1.28. The molecule has 3 aliphatic heterocycles. The SMILES string of the molecule is CSCC(=O)N[C@H]1CCN2C(=O)[C@@H]3[C@@H](N)CCN3C(=O)[C@H]12. The molecule has 4 atom stereocenters. The van der Waals surface area contributed by atoms with Gasteiger partial charge >= 0.3 is 0 Å². The van der Waals surface area contributed by atoms with E-state index in [9.17, 15) is 14.4 Å². The summed E-state index contributed by atoms with van der Waals surface area (Å²) in [5.74, 6) is 0.142. The maximum Gasteiger partial charge on any atom is 0.248 e. The number of amides is 3. The minimum atomic E-state index is -0.551. The van der Waals surface area contributed by atoms with Crippen LogP contribution in [-0.2, 0) is 14.4 Å². The van der Waals surface area contributed by atoms with Crippen LogP contribution in [0.1, 0.15) is 12.8 Å².